The molecule has 0 saturated heterocycles. The molecule has 0 aliphatic carbocycles. The van der Waals surface area contributed by atoms with Crippen molar-refractivity contribution in [1.82, 2.24) is 5.32 Å². The van der Waals surface area contributed by atoms with Crippen molar-refractivity contribution in [2.75, 3.05) is 18.4 Å². The van der Waals surface area contributed by atoms with Crippen LogP contribution in [-0.4, -0.2) is 19.0 Å². The predicted octanol–water partition coefficient (Wildman–Crippen LogP) is 6.84. The Balaban J connectivity index is 1.81. The zero-order chi connectivity index (χ0) is 20.3. The van der Waals surface area contributed by atoms with Crippen LogP contribution in [0.3, 0.4) is 0 Å². The van der Waals surface area contributed by atoms with Gasteiger partial charge in [0, 0.05) is 0 Å². The first kappa shape index (κ1) is 24.6. The van der Waals surface area contributed by atoms with E-state index in [1.807, 2.05) is 0 Å². The highest BCUT2D eigenvalue weighted by atomic mass is 19.1. The summed E-state index contributed by atoms with van der Waals surface area (Å²) >= 11 is 0. The molecule has 0 heterocycles. The summed E-state index contributed by atoms with van der Waals surface area (Å²) in [6.07, 6.45) is 18.8. The second-order valence-corrected chi connectivity index (χ2v) is 7.80. The van der Waals surface area contributed by atoms with Gasteiger partial charge in [-0.05, 0) is 25.1 Å². The fraction of sp³-hybridized carbons (Fsp3) is 0.708. The van der Waals surface area contributed by atoms with E-state index in [4.69, 9.17) is 0 Å². The smallest absolute Gasteiger partial charge is 0.238 e. The van der Waals surface area contributed by atoms with E-state index in [0.29, 0.717) is 0 Å². The van der Waals surface area contributed by atoms with Gasteiger partial charge in [0.25, 0.3) is 0 Å². The third-order valence-electron chi connectivity index (χ3n) is 5.14. The maximum atomic E-state index is 13.4. The lowest BCUT2D eigenvalue weighted by Crippen LogP contribution is -2.29. The molecule has 28 heavy (non-hydrogen) atoms. The van der Waals surface area contributed by atoms with Gasteiger partial charge in [-0.3, -0.25) is 4.79 Å². The van der Waals surface area contributed by atoms with Crippen molar-refractivity contribution >= 4 is 11.6 Å². The van der Waals surface area contributed by atoms with Gasteiger partial charge in [0.05, 0.1) is 12.2 Å². The van der Waals surface area contributed by atoms with E-state index in [9.17, 15) is 9.18 Å². The summed E-state index contributed by atoms with van der Waals surface area (Å²) in [7, 11) is 0. The first-order valence-electron chi connectivity index (χ1n) is 11.5. The molecule has 0 bridgehead atoms. The monoisotopic (exact) mass is 392 g/mol. The van der Waals surface area contributed by atoms with Gasteiger partial charge >= 0.3 is 0 Å². The molecular formula is C24H41FN2O. The Labute approximate surface area is 171 Å². The summed E-state index contributed by atoms with van der Waals surface area (Å²) in [5.74, 6) is -0.599. The SMILES string of the molecule is CCCCCCCCCCCCCCCCNCC(=O)Nc1ccccc1F. The zero-order valence-electron chi connectivity index (χ0n) is 17.9. The van der Waals surface area contributed by atoms with Gasteiger partial charge in [-0.15, -0.1) is 0 Å². The first-order valence-corrected chi connectivity index (χ1v) is 11.5. The van der Waals surface area contributed by atoms with Crippen molar-refractivity contribution in [2.24, 2.45) is 0 Å². The maximum Gasteiger partial charge on any atom is 0.238 e. The molecule has 0 aliphatic rings. The molecule has 4 heteroatoms. The van der Waals surface area contributed by atoms with Gasteiger partial charge in [0.2, 0.25) is 5.91 Å². The van der Waals surface area contributed by atoms with E-state index in [2.05, 4.69) is 17.6 Å². The lowest BCUT2D eigenvalue weighted by Gasteiger charge is -2.07. The Hall–Kier alpha value is -1.42. The molecule has 1 amide bonds. The van der Waals surface area contributed by atoms with E-state index in [1.54, 1.807) is 18.2 Å². The van der Waals surface area contributed by atoms with Gasteiger partial charge in [-0.2, -0.15) is 0 Å². The number of rotatable bonds is 18. The van der Waals surface area contributed by atoms with E-state index in [-0.39, 0.29) is 18.1 Å². The molecule has 0 spiro atoms. The Bertz CT molecular complexity index is 507. The Morgan fingerprint density at radius 3 is 1.82 bits per heavy atom. The summed E-state index contributed by atoms with van der Waals surface area (Å²) < 4.78 is 13.4. The number of anilines is 1. The van der Waals surface area contributed by atoms with E-state index in [1.165, 1.54) is 89.5 Å². The molecule has 0 unspecified atom stereocenters. The molecule has 2 N–H and O–H groups in total. The summed E-state index contributed by atoms with van der Waals surface area (Å²) in [4.78, 5) is 11.8. The summed E-state index contributed by atoms with van der Waals surface area (Å²) in [6, 6.07) is 6.23. The molecule has 0 radical (unpaired) electrons. The molecule has 0 saturated carbocycles. The van der Waals surface area contributed by atoms with Crippen LogP contribution in [0.5, 0.6) is 0 Å². The summed E-state index contributed by atoms with van der Waals surface area (Å²) in [6.45, 7) is 3.33. The first-order chi connectivity index (χ1) is 13.7. The zero-order valence-corrected chi connectivity index (χ0v) is 17.9. The van der Waals surface area contributed by atoms with Gasteiger partial charge < -0.3 is 10.6 Å². The number of hydrogen-bond donors (Lipinski definition) is 2. The number of nitrogens with one attached hydrogen (secondary N) is 2. The van der Waals surface area contributed by atoms with Crippen molar-refractivity contribution in [3.63, 3.8) is 0 Å². The molecule has 1 aromatic carbocycles. The van der Waals surface area contributed by atoms with Crippen LogP contribution >= 0.6 is 0 Å². The Morgan fingerprint density at radius 1 is 0.786 bits per heavy atom. The Kier molecular flexibility index (Phi) is 15.5. The van der Waals surface area contributed by atoms with Crippen LogP contribution in [0, 0.1) is 5.82 Å². The summed E-state index contributed by atoms with van der Waals surface area (Å²) in [5.41, 5.74) is 0.241. The highest BCUT2D eigenvalue weighted by molar-refractivity contribution is 5.92. The molecule has 0 aliphatic heterocycles. The minimum Gasteiger partial charge on any atom is -0.322 e. The molecule has 0 aromatic heterocycles. The molecular weight excluding hydrogens is 351 g/mol. The average molecular weight is 393 g/mol. The molecule has 1 aromatic rings. The van der Waals surface area contributed by atoms with Gasteiger partial charge in [-0.1, -0.05) is 103 Å². The second-order valence-electron chi connectivity index (χ2n) is 7.80. The maximum absolute atomic E-state index is 13.4. The van der Waals surface area contributed by atoms with Crippen LogP contribution in [-0.2, 0) is 4.79 Å². The highest BCUT2D eigenvalue weighted by Crippen LogP contribution is 2.13. The van der Waals surface area contributed by atoms with Crippen molar-refractivity contribution in [2.45, 2.75) is 96.8 Å². The minimum absolute atomic E-state index is 0.199. The van der Waals surface area contributed by atoms with Gasteiger partial charge in [0.15, 0.2) is 0 Å². The van der Waals surface area contributed by atoms with Crippen molar-refractivity contribution in [1.29, 1.82) is 0 Å². The number of hydrogen-bond acceptors (Lipinski definition) is 2. The third-order valence-corrected chi connectivity index (χ3v) is 5.14. The molecule has 0 fully saturated rings. The number of benzene rings is 1. The van der Waals surface area contributed by atoms with Gasteiger partial charge in [0.1, 0.15) is 5.82 Å². The van der Waals surface area contributed by atoms with Crippen LogP contribution in [0.25, 0.3) is 0 Å². The standard InChI is InChI=1S/C24H41FN2O/c1-2-3-4-5-6-7-8-9-10-11-12-13-14-17-20-26-21-24(28)27-23-19-16-15-18-22(23)25/h15-16,18-19,26H,2-14,17,20-21H2,1H3,(H,27,28). The molecule has 3 nitrogen and oxygen atoms in total. The number of carbonyl (C=O) groups is 1. The van der Waals surface area contributed by atoms with Crippen LogP contribution in [0.1, 0.15) is 96.8 Å². The number of para-hydroxylation sites is 1. The topological polar surface area (TPSA) is 41.1 Å². The normalized spacial score (nSPS) is 10.9. The fourth-order valence-corrected chi connectivity index (χ4v) is 3.40. The predicted molar refractivity (Wildman–Crippen MR) is 118 cm³/mol. The van der Waals surface area contributed by atoms with Crippen molar-refractivity contribution < 1.29 is 9.18 Å². The lowest BCUT2D eigenvalue weighted by molar-refractivity contribution is -0.115. The van der Waals surface area contributed by atoms with E-state index >= 15 is 0 Å². The molecule has 0 atom stereocenters. The highest BCUT2D eigenvalue weighted by Gasteiger charge is 2.05. The van der Waals surface area contributed by atoms with Crippen LogP contribution in [0.4, 0.5) is 10.1 Å². The second kappa shape index (κ2) is 17.7. The number of unbranched alkanes of at least 4 members (excludes halogenated alkanes) is 13. The van der Waals surface area contributed by atoms with E-state index in [0.717, 1.165) is 13.0 Å². The van der Waals surface area contributed by atoms with Crippen LogP contribution in [0.2, 0.25) is 0 Å². The van der Waals surface area contributed by atoms with Crippen molar-refractivity contribution in [3.8, 4) is 0 Å². The largest absolute Gasteiger partial charge is 0.322 e. The number of halogens is 1. The summed E-state index contributed by atoms with van der Waals surface area (Å²) in [5, 5.41) is 5.72. The van der Waals surface area contributed by atoms with Crippen molar-refractivity contribution in [3.05, 3.63) is 30.1 Å². The quantitative estimate of drug-likeness (QED) is 0.269. The number of carbonyl (C=O) groups excluding carboxylic acids is 1. The number of amides is 1. The minimum atomic E-state index is -0.400. The lowest BCUT2D eigenvalue weighted by atomic mass is 10.0. The van der Waals surface area contributed by atoms with Gasteiger partial charge in [-0.25, -0.2) is 4.39 Å². The third kappa shape index (κ3) is 13.7. The fourth-order valence-electron chi connectivity index (χ4n) is 3.40. The van der Waals surface area contributed by atoms with E-state index < -0.39 is 5.82 Å². The molecule has 1 rings (SSSR count). The average Bonchev–Trinajstić information content (AvgIpc) is 2.69. The van der Waals surface area contributed by atoms with Crippen LogP contribution in [0.15, 0.2) is 24.3 Å². The Morgan fingerprint density at radius 2 is 1.29 bits per heavy atom. The van der Waals surface area contributed by atoms with Crippen LogP contribution < -0.4 is 10.6 Å². The molecule has 160 valence electrons.